The second-order valence-electron chi connectivity index (χ2n) is 13.3. The molecule has 5 rings (SSSR count). The Hall–Kier alpha value is -3.69. The van der Waals surface area contributed by atoms with Gasteiger partial charge in [-0.25, -0.2) is 0 Å². The molecule has 3 aromatic rings. The zero-order chi connectivity index (χ0) is 33.3. The van der Waals surface area contributed by atoms with Crippen LogP contribution in [0.1, 0.15) is 74.6 Å². The number of nitrogens with one attached hydrogen (secondary N) is 1. The van der Waals surface area contributed by atoms with E-state index >= 15 is 0 Å². The van der Waals surface area contributed by atoms with Gasteiger partial charge in [0.2, 0.25) is 0 Å². The third-order valence-electron chi connectivity index (χ3n) is 11.2. The summed E-state index contributed by atoms with van der Waals surface area (Å²) in [6.07, 6.45) is -2.66. The maximum atomic E-state index is 14.4. The Kier molecular flexibility index (Phi) is 9.40. The van der Waals surface area contributed by atoms with Crippen LogP contribution >= 0.6 is 0 Å². The summed E-state index contributed by atoms with van der Waals surface area (Å²) in [6, 6.07) is 24.2. The molecule has 9 heteroatoms. The summed E-state index contributed by atoms with van der Waals surface area (Å²) in [4.78, 5) is 28.6. The molecule has 46 heavy (non-hydrogen) atoms. The van der Waals surface area contributed by atoms with Crippen molar-refractivity contribution in [2.45, 2.75) is 76.0 Å². The van der Waals surface area contributed by atoms with Crippen LogP contribution in [0.4, 0.5) is 13.2 Å². The molecule has 4 unspecified atom stereocenters. The summed E-state index contributed by atoms with van der Waals surface area (Å²) in [5, 5.41) is 24.6. The Balaban J connectivity index is 1.44. The van der Waals surface area contributed by atoms with Gasteiger partial charge in [-0.1, -0.05) is 78.9 Å². The number of halogens is 3. The van der Waals surface area contributed by atoms with Crippen molar-refractivity contribution in [3.05, 3.63) is 107 Å². The van der Waals surface area contributed by atoms with Crippen molar-refractivity contribution >= 4 is 11.9 Å². The molecule has 5 atom stereocenters. The standard InChI is InChI=1S/C37H43F3N2O4/c1-25-34(3,32(43)44)31(29-17-10-11-18-30(29)37(38,39)40)36(33(45)46,26(2)41-25)19-12-22-42-23-20-35(21-24-42,27-13-6-4-7-14-27)28-15-8-5-9-16-28/h4-11,13-18,25-26,31,41H,12,19-24H2,1-3H3,(H,43,44)(H,45,46)/t25?,26?,31-,34?,36?/m1/s1. The first kappa shape index (κ1) is 33.7. The highest BCUT2D eigenvalue weighted by Crippen LogP contribution is 2.59. The van der Waals surface area contributed by atoms with Gasteiger partial charge in [-0.05, 0) is 88.8 Å². The number of piperidine rings is 2. The number of carboxylic acid groups (broad SMARTS) is 2. The SMILES string of the molecule is CC1NC(C)C(CCCN2CCC(c3ccccc3)(c3ccccc3)CC2)(C(=O)O)[C@H](c2ccccc2C(F)(F)F)C1(C)C(=O)O. The first-order valence-corrected chi connectivity index (χ1v) is 16.0. The number of benzene rings is 3. The molecule has 6 nitrogen and oxygen atoms in total. The molecular weight excluding hydrogens is 593 g/mol. The third kappa shape index (κ3) is 5.72. The van der Waals surface area contributed by atoms with Crippen LogP contribution in [0.15, 0.2) is 84.9 Å². The van der Waals surface area contributed by atoms with E-state index in [9.17, 15) is 33.0 Å². The molecule has 2 aliphatic heterocycles. The topological polar surface area (TPSA) is 89.9 Å². The highest BCUT2D eigenvalue weighted by Gasteiger charge is 2.65. The number of carboxylic acids is 2. The van der Waals surface area contributed by atoms with Crippen molar-refractivity contribution in [3.8, 4) is 0 Å². The van der Waals surface area contributed by atoms with Gasteiger partial charge in [0.15, 0.2) is 0 Å². The smallest absolute Gasteiger partial charge is 0.416 e. The number of alkyl halides is 3. The number of aliphatic carboxylic acids is 2. The molecule has 0 aromatic heterocycles. The molecule has 0 bridgehead atoms. The van der Waals surface area contributed by atoms with Gasteiger partial charge in [0.1, 0.15) is 0 Å². The van der Waals surface area contributed by atoms with Gasteiger partial charge in [-0.2, -0.15) is 13.2 Å². The first-order chi connectivity index (χ1) is 21.8. The Labute approximate surface area is 268 Å². The largest absolute Gasteiger partial charge is 0.481 e. The van der Waals surface area contributed by atoms with Crippen molar-refractivity contribution in [1.82, 2.24) is 10.2 Å². The van der Waals surface area contributed by atoms with Crippen LogP contribution in [0.5, 0.6) is 0 Å². The molecule has 2 heterocycles. The lowest BCUT2D eigenvalue weighted by molar-refractivity contribution is -0.173. The fourth-order valence-electron chi connectivity index (χ4n) is 8.44. The van der Waals surface area contributed by atoms with E-state index in [-0.39, 0.29) is 17.4 Å². The summed E-state index contributed by atoms with van der Waals surface area (Å²) >= 11 is 0. The Morgan fingerprint density at radius 3 is 1.85 bits per heavy atom. The highest BCUT2D eigenvalue weighted by molar-refractivity contribution is 5.84. The average molecular weight is 637 g/mol. The zero-order valence-corrected chi connectivity index (χ0v) is 26.6. The van der Waals surface area contributed by atoms with Gasteiger partial charge in [-0.15, -0.1) is 0 Å². The molecule has 3 aromatic carbocycles. The number of nitrogens with zero attached hydrogens (tertiary/aromatic N) is 1. The van der Waals surface area contributed by atoms with E-state index in [1.54, 1.807) is 13.8 Å². The van der Waals surface area contributed by atoms with Crippen LogP contribution in [0, 0.1) is 10.8 Å². The number of likely N-dealkylation sites (tertiary alicyclic amines) is 1. The fraction of sp³-hybridized carbons (Fsp3) is 0.459. The molecular formula is C37H43F3N2O4. The number of hydrogen-bond donors (Lipinski definition) is 3. The summed E-state index contributed by atoms with van der Waals surface area (Å²) in [5.74, 6) is -4.06. The quantitative estimate of drug-likeness (QED) is 0.230. The van der Waals surface area contributed by atoms with Crippen LogP contribution in [0.3, 0.4) is 0 Å². The molecule has 0 spiro atoms. The van der Waals surface area contributed by atoms with Crippen LogP contribution in [0.25, 0.3) is 0 Å². The number of rotatable bonds is 9. The molecule has 0 amide bonds. The van der Waals surface area contributed by atoms with Gasteiger partial charge in [-0.3, -0.25) is 9.59 Å². The number of carbonyl (C=O) groups is 2. The van der Waals surface area contributed by atoms with Crippen LogP contribution in [-0.2, 0) is 21.2 Å². The average Bonchev–Trinajstić information content (AvgIpc) is 3.04. The van der Waals surface area contributed by atoms with Gasteiger partial charge < -0.3 is 20.4 Å². The minimum Gasteiger partial charge on any atom is -0.481 e. The molecule has 2 fully saturated rings. The lowest BCUT2D eigenvalue weighted by atomic mass is 9.50. The van der Waals surface area contributed by atoms with Crippen molar-refractivity contribution in [1.29, 1.82) is 0 Å². The minimum atomic E-state index is -4.78. The van der Waals surface area contributed by atoms with E-state index in [1.807, 2.05) is 12.1 Å². The molecule has 3 N–H and O–H groups in total. The predicted octanol–water partition coefficient (Wildman–Crippen LogP) is 7.19. The third-order valence-corrected chi connectivity index (χ3v) is 11.2. The molecule has 246 valence electrons. The highest BCUT2D eigenvalue weighted by atomic mass is 19.4. The molecule has 0 radical (unpaired) electrons. The van der Waals surface area contributed by atoms with Crippen LogP contribution < -0.4 is 5.32 Å². The fourth-order valence-corrected chi connectivity index (χ4v) is 8.44. The van der Waals surface area contributed by atoms with Crippen LogP contribution in [0.2, 0.25) is 0 Å². The summed E-state index contributed by atoms with van der Waals surface area (Å²) in [6.45, 7) is 6.73. The molecule has 2 aliphatic rings. The van der Waals surface area contributed by atoms with E-state index in [0.29, 0.717) is 13.0 Å². The molecule has 0 aliphatic carbocycles. The summed E-state index contributed by atoms with van der Waals surface area (Å²) in [7, 11) is 0. The van der Waals surface area contributed by atoms with Crippen molar-refractivity contribution < 1.29 is 33.0 Å². The Bertz CT molecular complexity index is 1480. The van der Waals surface area contributed by atoms with E-state index in [4.69, 9.17) is 0 Å². The van der Waals surface area contributed by atoms with E-state index in [0.717, 1.165) is 32.0 Å². The second-order valence-corrected chi connectivity index (χ2v) is 13.3. The predicted molar refractivity (Wildman–Crippen MR) is 171 cm³/mol. The summed E-state index contributed by atoms with van der Waals surface area (Å²) < 4.78 is 43.2. The maximum absolute atomic E-state index is 14.4. The maximum Gasteiger partial charge on any atom is 0.416 e. The van der Waals surface area contributed by atoms with Gasteiger partial charge in [0.25, 0.3) is 0 Å². The van der Waals surface area contributed by atoms with Crippen LogP contribution in [-0.4, -0.2) is 58.8 Å². The van der Waals surface area contributed by atoms with E-state index < -0.39 is 52.5 Å². The first-order valence-electron chi connectivity index (χ1n) is 16.0. The lowest BCUT2D eigenvalue weighted by Crippen LogP contribution is -2.69. The Morgan fingerprint density at radius 2 is 1.35 bits per heavy atom. The normalized spacial score (nSPS) is 28.4. The van der Waals surface area contributed by atoms with Crippen molar-refractivity contribution in [2.24, 2.45) is 10.8 Å². The van der Waals surface area contributed by atoms with Crippen molar-refractivity contribution in [2.75, 3.05) is 19.6 Å². The minimum absolute atomic E-state index is 0.0158. The lowest BCUT2D eigenvalue weighted by Gasteiger charge is -2.56. The van der Waals surface area contributed by atoms with Crippen molar-refractivity contribution in [3.63, 3.8) is 0 Å². The summed E-state index contributed by atoms with van der Waals surface area (Å²) in [5.41, 5.74) is -2.57. The van der Waals surface area contributed by atoms with Gasteiger partial charge in [0.05, 0.1) is 16.4 Å². The van der Waals surface area contributed by atoms with Gasteiger partial charge >= 0.3 is 18.1 Å². The molecule has 2 saturated heterocycles. The van der Waals surface area contributed by atoms with Gasteiger partial charge in [0, 0.05) is 23.4 Å². The second kappa shape index (κ2) is 12.8. The van der Waals surface area contributed by atoms with E-state index in [1.165, 1.54) is 36.2 Å². The molecule has 0 saturated carbocycles. The Morgan fingerprint density at radius 1 is 0.826 bits per heavy atom. The van der Waals surface area contributed by atoms with E-state index in [2.05, 4.69) is 58.7 Å². The zero-order valence-electron chi connectivity index (χ0n) is 26.6. The number of hydrogen-bond acceptors (Lipinski definition) is 4. The monoisotopic (exact) mass is 636 g/mol.